The Morgan fingerprint density at radius 3 is 2.47 bits per heavy atom. The van der Waals surface area contributed by atoms with E-state index in [4.69, 9.17) is 0 Å². The second kappa shape index (κ2) is 6.02. The molecule has 0 aliphatic heterocycles. The van der Waals surface area contributed by atoms with E-state index in [9.17, 15) is 0 Å². The summed E-state index contributed by atoms with van der Waals surface area (Å²) >= 11 is 0. The van der Waals surface area contributed by atoms with Gasteiger partial charge in [0.1, 0.15) is 0 Å². The van der Waals surface area contributed by atoms with E-state index < -0.39 is 0 Å². The maximum atomic E-state index is 3.75. The first-order valence-electron chi connectivity index (χ1n) is 5.29. The van der Waals surface area contributed by atoms with E-state index in [1.807, 2.05) is 19.1 Å². The molecular weight excluding hydrogens is 180 g/mol. The Labute approximate surface area is 92.6 Å². The van der Waals surface area contributed by atoms with Gasteiger partial charge >= 0.3 is 0 Å². The highest BCUT2D eigenvalue weighted by Crippen LogP contribution is 2.24. The first kappa shape index (κ1) is 11.5. The van der Waals surface area contributed by atoms with Crippen molar-refractivity contribution in [2.24, 2.45) is 0 Å². The van der Waals surface area contributed by atoms with Crippen molar-refractivity contribution in [2.45, 2.75) is 19.8 Å². The van der Waals surface area contributed by atoms with Crippen LogP contribution >= 0.6 is 0 Å². The summed E-state index contributed by atoms with van der Waals surface area (Å²) in [6.45, 7) is 8.00. The molecule has 1 rings (SSSR count). The second-order valence-corrected chi connectivity index (χ2v) is 3.53. The van der Waals surface area contributed by atoms with Crippen LogP contribution in [-0.2, 0) is 0 Å². The van der Waals surface area contributed by atoms with E-state index in [-0.39, 0.29) is 0 Å². The topological polar surface area (TPSA) is 0 Å². The Balaban J connectivity index is 2.96. The molecule has 0 amide bonds. The van der Waals surface area contributed by atoms with Gasteiger partial charge in [0.25, 0.3) is 0 Å². The smallest absolute Gasteiger partial charge is 0.00608 e. The molecule has 0 fully saturated rings. The largest absolute Gasteiger partial charge is 0.0991 e. The van der Waals surface area contributed by atoms with Crippen molar-refractivity contribution >= 4 is 0 Å². The van der Waals surface area contributed by atoms with E-state index in [0.29, 0.717) is 5.92 Å². The normalized spacial score (nSPS) is 14.1. The molecule has 1 unspecified atom stereocenters. The van der Waals surface area contributed by atoms with Crippen LogP contribution in [0.2, 0.25) is 0 Å². The average molecular weight is 198 g/mol. The SMILES string of the molecule is C=C/C=C(\C=C/C)C(C)c1ccccc1. The van der Waals surface area contributed by atoms with Crippen molar-refractivity contribution in [3.8, 4) is 0 Å². The fourth-order valence-corrected chi connectivity index (χ4v) is 1.61. The van der Waals surface area contributed by atoms with Gasteiger partial charge in [0.05, 0.1) is 0 Å². The zero-order chi connectivity index (χ0) is 11.1. The summed E-state index contributed by atoms with van der Waals surface area (Å²) in [5.74, 6) is 0.417. The minimum Gasteiger partial charge on any atom is -0.0991 e. The number of allylic oxidation sites excluding steroid dienone is 5. The lowest BCUT2D eigenvalue weighted by molar-refractivity contribution is 0.921. The molecule has 0 spiro atoms. The Morgan fingerprint density at radius 1 is 1.27 bits per heavy atom. The maximum absolute atomic E-state index is 3.75. The van der Waals surface area contributed by atoms with Crippen molar-refractivity contribution in [1.29, 1.82) is 0 Å². The summed E-state index contributed by atoms with van der Waals surface area (Å²) in [5, 5.41) is 0. The van der Waals surface area contributed by atoms with Crippen LogP contribution in [0.1, 0.15) is 25.3 Å². The maximum Gasteiger partial charge on any atom is 0.00608 e. The standard InChI is InChI=1S/C15H18/c1-4-9-14(10-5-2)13(3)15-11-7-6-8-12-15/h4-13H,1H2,2-3H3/b10-5-,14-9+. The summed E-state index contributed by atoms with van der Waals surface area (Å²) < 4.78 is 0. The molecule has 0 aliphatic carbocycles. The fourth-order valence-electron chi connectivity index (χ4n) is 1.61. The quantitative estimate of drug-likeness (QED) is 0.626. The molecule has 0 aromatic heterocycles. The first-order valence-corrected chi connectivity index (χ1v) is 5.29. The van der Waals surface area contributed by atoms with Gasteiger partial charge in [0, 0.05) is 5.92 Å². The van der Waals surface area contributed by atoms with E-state index in [0.717, 1.165) is 0 Å². The molecule has 0 heteroatoms. The Bertz CT molecular complexity index is 355. The summed E-state index contributed by atoms with van der Waals surface area (Å²) in [4.78, 5) is 0. The van der Waals surface area contributed by atoms with Gasteiger partial charge < -0.3 is 0 Å². The minimum absolute atomic E-state index is 0.417. The molecule has 0 N–H and O–H groups in total. The molecule has 0 bridgehead atoms. The number of benzene rings is 1. The van der Waals surface area contributed by atoms with E-state index in [2.05, 4.69) is 56.0 Å². The highest BCUT2D eigenvalue weighted by molar-refractivity contribution is 5.35. The average Bonchev–Trinajstić information content (AvgIpc) is 2.29. The zero-order valence-corrected chi connectivity index (χ0v) is 9.48. The molecule has 0 nitrogen and oxygen atoms in total. The van der Waals surface area contributed by atoms with Crippen LogP contribution in [0.3, 0.4) is 0 Å². The molecule has 0 radical (unpaired) electrons. The molecule has 0 aliphatic rings. The van der Waals surface area contributed by atoms with Crippen LogP contribution in [0.25, 0.3) is 0 Å². The number of rotatable bonds is 4. The van der Waals surface area contributed by atoms with Crippen molar-refractivity contribution in [1.82, 2.24) is 0 Å². The summed E-state index contributed by atoms with van der Waals surface area (Å²) in [5.41, 5.74) is 2.63. The lowest BCUT2D eigenvalue weighted by Crippen LogP contribution is -1.95. The third kappa shape index (κ3) is 3.25. The second-order valence-electron chi connectivity index (χ2n) is 3.53. The van der Waals surface area contributed by atoms with Gasteiger partial charge in [-0.2, -0.15) is 0 Å². The van der Waals surface area contributed by atoms with Gasteiger partial charge in [-0.1, -0.05) is 68.1 Å². The molecule has 1 aromatic rings. The van der Waals surface area contributed by atoms with Gasteiger partial charge in [-0.05, 0) is 18.1 Å². The molecule has 1 atom stereocenters. The minimum atomic E-state index is 0.417. The molecule has 78 valence electrons. The van der Waals surface area contributed by atoms with Crippen molar-refractivity contribution in [3.63, 3.8) is 0 Å². The Morgan fingerprint density at radius 2 is 1.93 bits per heavy atom. The molecule has 0 saturated heterocycles. The first-order chi connectivity index (χ1) is 7.29. The van der Waals surface area contributed by atoms with E-state index >= 15 is 0 Å². The monoisotopic (exact) mass is 198 g/mol. The number of hydrogen-bond acceptors (Lipinski definition) is 0. The molecule has 1 aromatic carbocycles. The summed E-state index contributed by atoms with van der Waals surface area (Å²) in [6, 6.07) is 10.5. The van der Waals surface area contributed by atoms with Crippen LogP contribution in [0, 0.1) is 0 Å². The van der Waals surface area contributed by atoms with Crippen LogP contribution in [0.15, 0.2) is 66.8 Å². The summed E-state index contributed by atoms with van der Waals surface area (Å²) in [7, 11) is 0. The number of hydrogen-bond donors (Lipinski definition) is 0. The molecule has 0 saturated carbocycles. The van der Waals surface area contributed by atoms with E-state index in [1.54, 1.807) is 0 Å². The lowest BCUT2D eigenvalue weighted by Gasteiger charge is -2.12. The third-order valence-corrected chi connectivity index (χ3v) is 2.47. The third-order valence-electron chi connectivity index (χ3n) is 2.47. The van der Waals surface area contributed by atoms with Crippen LogP contribution in [0.4, 0.5) is 0 Å². The Hall–Kier alpha value is -1.56. The predicted molar refractivity (Wildman–Crippen MR) is 68.0 cm³/mol. The highest BCUT2D eigenvalue weighted by atomic mass is 14.1. The zero-order valence-electron chi connectivity index (χ0n) is 9.48. The molecule has 0 heterocycles. The van der Waals surface area contributed by atoms with Crippen molar-refractivity contribution in [3.05, 3.63) is 72.4 Å². The van der Waals surface area contributed by atoms with Gasteiger partial charge in [-0.15, -0.1) is 0 Å². The fraction of sp³-hybridized carbons (Fsp3) is 0.200. The van der Waals surface area contributed by atoms with Gasteiger partial charge in [-0.25, -0.2) is 0 Å². The predicted octanol–water partition coefficient (Wildman–Crippen LogP) is 4.48. The van der Waals surface area contributed by atoms with Gasteiger partial charge in [0.15, 0.2) is 0 Å². The van der Waals surface area contributed by atoms with Crippen LogP contribution in [0.5, 0.6) is 0 Å². The van der Waals surface area contributed by atoms with Crippen molar-refractivity contribution in [2.75, 3.05) is 0 Å². The molecule has 15 heavy (non-hydrogen) atoms. The summed E-state index contributed by atoms with van der Waals surface area (Å²) in [6.07, 6.45) is 8.11. The highest BCUT2D eigenvalue weighted by Gasteiger charge is 2.06. The Kier molecular flexibility index (Phi) is 4.62. The van der Waals surface area contributed by atoms with E-state index in [1.165, 1.54) is 11.1 Å². The van der Waals surface area contributed by atoms with Crippen molar-refractivity contribution < 1.29 is 0 Å². The van der Waals surface area contributed by atoms with Crippen LogP contribution in [-0.4, -0.2) is 0 Å². The van der Waals surface area contributed by atoms with Gasteiger partial charge in [0.2, 0.25) is 0 Å². The van der Waals surface area contributed by atoms with Crippen LogP contribution < -0.4 is 0 Å². The molecular formula is C15H18. The lowest BCUT2D eigenvalue weighted by atomic mass is 9.92. The van der Waals surface area contributed by atoms with Gasteiger partial charge in [-0.3, -0.25) is 0 Å².